The van der Waals surface area contributed by atoms with Crippen LogP contribution in [0.15, 0.2) is 30.5 Å². The van der Waals surface area contributed by atoms with E-state index in [-0.39, 0.29) is 17.4 Å². The van der Waals surface area contributed by atoms with Crippen molar-refractivity contribution in [3.05, 3.63) is 41.6 Å². The zero-order chi connectivity index (χ0) is 24.5. The number of nitrogens with one attached hydrogen (secondary N) is 1. The summed E-state index contributed by atoms with van der Waals surface area (Å²) in [5.74, 6) is 0.143. The molecule has 1 aromatic carbocycles. The third-order valence-electron chi connectivity index (χ3n) is 7.20. The number of anilines is 2. The van der Waals surface area contributed by atoms with Gasteiger partial charge in [0, 0.05) is 56.2 Å². The maximum absolute atomic E-state index is 12.9. The van der Waals surface area contributed by atoms with E-state index in [1.807, 2.05) is 0 Å². The molecule has 3 heterocycles. The number of aromatic nitrogens is 2. The van der Waals surface area contributed by atoms with Crippen LogP contribution in [0.4, 0.5) is 16.3 Å². The van der Waals surface area contributed by atoms with Gasteiger partial charge in [0.05, 0.1) is 6.26 Å². The summed E-state index contributed by atoms with van der Waals surface area (Å²) in [7, 11) is -1.25. The molecule has 2 aromatic rings. The van der Waals surface area contributed by atoms with E-state index in [0.717, 1.165) is 38.7 Å². The van der Waals surface area contributed by atoms with E-state index in [1.54, 1.807) is 4.90 Å². The topological polar surface area (TPSA) is 90.8 Å². The van der Waals surface area contributed by atoms with Gasteiger partial charge >= 0.3 is 6.03 Å². The predicted molar refractivity (Wildman–Crippen MR) is 135 cm³/mol. The van der Waals surface area contributed by atoms with Gasteiger partial charge in [-0.2, -0.15) is 4.68 Å². The molecule has 34 heavy (non-hydrogen) atoms. The molecule has 1 aromatic heterocycles. The van der Waals surface area contributed by atoms with Gasteiger partial charge in [0.15, 0.2) is 5.82 Å². The third-order valence-corrected chi connectivity index (χ3v) is 7.78. The van der Waals surface area contributed by atoms with Crippen LogP contribution in [0.5, 0.6) is 0 Å². The fourth-order valence-electron chi connectivity index (χ4n) is 4.89. The first-order valence-electron chi connectivity index (χ1n) is 11.9. The zero-order valence-electron chi connectivity index (χ0n) is 20.6. The monoisotopic (exact) mass is 488 g/mol. The number of piperidine rings is 1. The van der Waals surface area contributed by atoms with Gasteiger partial charge in [-0.15, -0.1) is 5.10 Å². The van der Waals surface area contributed by atoms with Crippen molar-refractivity contribution < 1.29 is 13.2 Å². The lowest BCUT2D eigenvalue weighted by Crippen LogP contribution is -2.53. The molecule has 2 aliphatic rings. The van der Waals surface area contributed by atoms with Gasteiger partial charge in [-0.3, -0.25) is 9.62 Å². The van der Waals surface area contributed by atoms with Crippen LogP contribution in [0.2, 0.25) is 0 Å². The molecule has 2 fully saturated rings. The standard InChI is InChI=1S/C24H36N6O3S/c1-19-7-8-20(21(17-19)28-12-5-6-13-28)18-27(3)24(2)10-15-29(16-11-24)23(31)30-14-9-22(25-30)26-34(4,32)33/h7-9,14,17H,5-6,10-13,15-16,18H2,1-4H3,(H,25,26). The number of rotatable bonds is 6. The van der Waals surface area contributed by atoms with E-state index < -0.39 is 10.0 Å². The molecule has 0 bridgehead atoms. The maximum atomic E-state index is 12.9. The number of sulfonamides is 1. The average Bonchev–Trinajstić information content (AvgIpc) is 3.46. The van der Waals surface area contributed by atoms with Crippen LogP contribution in [0.25, 0.3) is 0 Å². The van der Waals surface area contributed by atoms with E-state index in [2.05, 4.69) is 58.7 Å². The Morgan fingerprint density at radius 1 is 1.15 bits per heavy atom. The Labute approximate surface area is 202 Å². The van der Waals surface area contributed by atoms with Crippen LogP contribution >= 0.6 is 0 Å². The summed E-state index contributed by atoms with van der Waals surface area (Å²) in [6, 6.07) is 8.03. The molecule has 1 amide bonds. The number of hydrogen-bond acceptors (Lipinski definition) is 6. The number of benzene rings is 1. The Kier molecular flexibility index (Phi) is 6.91. The van der Waals surface area contributed by atoms with Crippen LogP contribution in [0.1, 0.15) is 43.7 Å². The predicted octanol–water partition coefficient (Wildman–Crippen LogP) is 3.12. The molecule has 1 N–H and O–H groups in total. The minimum absolute atomic E-state index is 0.0168. The minimum Gasteiger partial charge on any atom is -0.371 e. The van der Waals surface area contributed by atoms with Crippen molar-refractivity contribution in [2.75, 3.05) is 49.1 Å². The van der Waals surface area contributed by atoms with Gasteiger partial charge in [-0.1, -0.05) is 12.1 Å². The van der Waals surface area contributed by atoms with E-state index in [4.69, 9.17) is 0 Å². The number of hydrogen-bond donors (Lipinski definition) is 1. The van der Waals surface area contributed by atoms with Crippen molar-refractivity contribution in [2.45, 2.75) is 51.6 Å². The summed E-state index contributed by atoms with van der Waals surface area (Å²) >= 11 is 0. The molecule has 0 radical (unpaired) electrons. The first kappa shape index (κ1) is 24.5. The lowest BCUT2D eigenvalue weighted by molar-refractivity contribution is 0.0586. The average molecular weight is 489 g/mol. The normalized spacial score (nSPS) is 18.5. The number of nitrogens with zero attached hydrogens (tertiary/aromatic N) is 5. The van der Waals surface area contributed by atoms with Crippen LogP contribution < -0.4 is 9.62 Å². The fraction of sp³-hybridized carbons (Fsp3) is 0.583. The van der Waals surface area contributed by atoms with Crippen LogP contribution in [0, 0.1) is 6.92 Å². The first-order chi connectivity index (χ1) is 16.0. The van der Waals surface area contributed by atoms with Crippen molar-refractivity contribution in [3.8, 4) is 0 Å². The van der Waals surface area contributed by atoms with Gasteiger partial charge in [0.1, 0.15) is 0 Å². The summed E-state index contributed by atoms with van der Waals surface area (Å²) in [5.41, 5.74) is 3.99. The molecular weight excluding hydrogens is 452 g/mol. The van der Waals surface area contributed by atoms with E-state index >= 15 is 0 Å². The molecule has 0 atom stereocenters. The quantitative estimate of drug-likeness (QED) is 0.672. The number of carbonyl (C=O) groups is 1. The number of aryl methyl sites for hydroxylation is 1. The SMILES string of the molecule is Cc1ccc(CN(C)C2(C)CCN(C(=O)n3ccc(NS(C)(=O)=O)n3)CC2)c(N2CCCC2)c1. The molecule has 2 saturated heterocycles. The molecule has 0 saturated carbocycles. The molecule has 0 aliphatic carbocycles. The van der Waals surface area contributed by atoms with Crippen molar-refractivity contribution >= 4 is 27.6 Å². The second-order valence-corrected chi connectivity index (χ2v) is 11.7. The van der Waals surface area contributed by atoms with Crippen molar-refractivity contribution in [1.82, 2.24) is 19.6 Å². The largest absolute Gasteiger partial charge is 0.371 e. The number of likely N-dealkylation sites (tertiary alicyclic amines) is 1. The number of amides is 1. The highest BCUT2D eigenvalue weighted by molar-refractivity contribution is 7.92. The first-order valence-corrected chi connectivity index (χ1v) is 13.8. The highest BCUT2D eigenvalue weighted by Gasteiger charge is 2.36. The minimum atomic E-state index is -3.44. The van der Waals surface area contributed by atoms with Crippen LogP contribution in [-0.2, 0) is 16.6 Å². The fourth-order valence-corrected chi connectivity index (χ4v) is 5.38. The Morgan fingerprint density at radius 2 is 1.82 bits per heavy atom. The highest BCUT2D eigenvalue weighted by Crippen LogP contribution is 2.32. The third kappa shape index (κ3) is 5.55. The summed E-state index contributed by atoms with van der Waals surface area (Å²) in [4.78, 5) is 19.6. The van der Waals surface area contributed by atoms with Crippen molar-refractivity contribution in [1.29, 1.82) is 0 Å². The summed E-state index contributed by atoms with van der Waals surface area (Å²) < 4.78 is 26.3. The molecule has 9 nitrogen and oxygen atoms in total. The van der Waals surface area contributed by atoms with Gasteiger partial charge in [0.25, 0.3) is 0 Å². The van der Waals surface area contributed by atoms with E-state index in [0.29, 0.717) is 13.1 Å². The van der Waals surface area contributed by atoms with Gasteiger partial charge < -0.3 is 9.80 Å². The number of carbonyl (C=O) groups excluding carboxylic acids is 1. The summed E-state index contributed by atoms with van der Waals surface area (Å²) in [6.45, 7) is 8.81. The Morgan fingerprint density at radius 3 is 2.47 bits per heavy atom. The smallest absolute Gasteiger partial charge is 0.344 e. The van der Waals surface area contributed by atoms with Gasteiger partial charge in [0.2, 0.25) is 10.0 Å². The molecule has 2 aliphatic heterocycles. The molecule has 0 unspecified atom stereocenters. The van der Waals surface area contributed by atoms with E-state index in [1.165, 1.54) is 46.6 Å². The van der Waals surface area contributed by atoms with Gasteiger partial charge in [-0.05, 0) is 63.8 Å². The summed E-state index contributed by atoms with van der Waals surface area (Å²) in [6.07, 6.45) is 6.78. The Balaban J connectivity index is 1.39. The lowest BCUT2D eigenvalue weighted by Gasteiger charge is -2.45. The van der Waals surface area contributed by atoms with Crippen LogP contribution in [0.3, 0.4) is 0 Å². The molecule has 10 heteroatoms. The molecule has 0 spiro atoms. The zero-order valence-corrected chi connectivity index (χ0v) is 21.4. The maximum Gasteiger partial charge on any atom is 0.344 e. The molecule has 4 rings (SSSR count). The Bertz CT molecular complexity index is 1130. The van der Waals surface area contributed by atoms with Crippen molar-refractivity contribution in [2.24, 2.45) is 0 Å². The molecule has 186 valence electrons. The lowest BCUT2D eigenvalue weighted by atomic mass is 9.87. The molecular formula is C24H36N6O3S. The van der Waals surface area contributed by atoms with E-state index in [9.17, 15) is 13.2 Å². The second-order valence-electron chi connectivity index (χ2n) is 9.97. The highest BCUT2D eigenvalue weighted by atomic mass is 32.2. The summed E-state index contributed by atoms with van der Waals surface area (Å²) in [5, 5.41) is 4.07. The van der Waals surface area contributed by atoms with Crippen molar-refractivity contribution in [3.63, 3.8) is 0 Å². The van der Waals surface area contributed by atoms with Gasteiger partial charge in [-0.25, -0.2) is 13.2 Å². The van der Waals surface area contributed by atoms with Crippen LogP contribution in [-0.4, -0.2) is 79.1 Å². The second kappa shape index (κ2) is 9.58. The Hall–Kier alpha value is -2.59.